The number of carbonyl (C=O) groups is 1. The predicted molar refractivity (Wildman–Crippen MR) is 104 cm³/mol. The molecular formula is C20H21N4O5+. The summed E-state index contributed by atoms with van der Waals surface area (Å²) in [6.07, 6.45) is 1.36. The van der Waals surface area contributed by atoms with Gasteiger partial charge in [0.15, 0.2) is 0 Å². The van der Waals surface area contributed by atoms with Crippen molar-refractivity contribution in [2.75, 3.05) is 39.4 Å². The fraction of sp³-hybridized carbons (Fsp3) is 0.300. The third-order valence-electron chi connectivity index (χ3n) is 4.58. The number of nitrogens with zero attached hydrogens (tertiary/aromatic N) is 2. The Bertz CT molecular complexity index is 954. The monoisotopic (exact) mass is 397 g/mol. The highest BCUT2D eigenvalue weighted by Crippen LogP contribution is 2.26. The van der Waals surface area contributed by atoms with Gasteiger partial charge in [-0.3, -0.25) is 14.9 Å². The fourth-order valence-electron chi connectivity index (χ4n) is 3.01. The number of nitro benzene ring substituents is 1. The van der Waals surface area contributed by atoms with Gasteiger partial charge in [0.25, 0.3) is 11.6 Å². The standard InChI is InChI=1S/C20H20N4O5/c21-14-16(20(25)22-6-7-23-8-10-28-11-9-23)13-18-4-5-19(29-18)15-2-1-3-17(12-15)24(26)27/h1-5,12-13H,6-11H2,(H,22,25)/p+1/b16-13+. The summed E-state index contributed by atoms with van der Waals surface area (Å²) in [5.41, 5.74) is 0.424. The minimum absolute atomic E-state index is 0.0459. The lowest BCUT2D eigenvalue weighted by atomic mass is 10.1. The van der Waals surface area contributed by atoms with Crippen molar-refractivity contribution in [3.8, 4) is 17.4 Å². The number of hydrogen-bond acceptors (Lipinski definition) is 6. The van der Waals surface area contributed by atoms with Crippen molar-refractivity contribution in [2.45, 2.75) is 0 Å². The van der Waals surface area contributed by atoms with Gasteiger partial charge in [0, 0.05) is 23.8 Å². The highest BCUT2D eigenvalue weighted by atomic mass is 16.6. The molecule has 1 aromatic carbocycles. The zero-order valence-electron chi connectivity index (χ0n) is 15.7. The van der Waals surface area contributed by atoms with E-state index in [0.29, 0.717) is 23.6 Å². The first-order valence-electron chi connectivity index (χ1n) is 9.23. The first kappa shape index (κ1) is 20.3. The third kappa shape index (κ3) is 5.51. The second-order valence-electron chi connectivity index (χ2n) is 6.55. The molecule has 29 heavy (non-hydrogen) atoms. The normalized spacial score (nSPS) is 14.9. The molecule has 9 nitrogen and oxygen atoms in total. The Labute approximate surface area is 167 Å². The number of rotatable bonds is 7. The molecule has 0 radical (unpaired) electrons. The van der Waals surface area contributed by atoms with E-state index in [-0.39, 0.29) is 11.3 Å². The van der Waals surface area contributed by atoms with Crippen LogP contribution in [-0.2, 0) is 9.53 Å². The summed E-state index contributed by atoms with van der Waals surface area (Å²) in [6.45, 7) is 4.49. The molecule has 0 spiro atoms. The number of amides is 1. The van der Waals surface area contributed by atoms with Crippen LogP contribution in [0.5, 0.6) is 0 Å². The van der Waals surface area contributed by atoms with Crippen LogP contribution in [0.15, 0.2) is 46.4 Å². The topological polar surface area (TPSA) is 123 Å². The number of nitrogens with one attached hydrogen (secondary N) is 2. The van der Waals surface area contributed by atoms with Crippen molar-refractivity contribution in [3.63, 3.8) is 0 Å². The van der Waals surface area contributed by atoms with E-state index in [0.717, 1.165) is 32.8 Å². The number of non-ortho nitro benzene ring substituents is 1. The van der Waals surface area contributed by atoms with Crippen LogP contribution in [0.1, 0.15) is 5.76 Å². The highest BCUT2D eigenvalue weighted by molar-refractivity contribution is 6.01. The van der Waals surface area contributed by atoms with Crippen molar-refractivity contribution in [1.29, 1.82) is 5.26 Å². The maximum absolute atomic E-state index is 12.3. The molecule has 3 rings (SSSR count). The van der Waals surface area contributed by atoms with Crippen LogP contribution >= 0.6 is 0 Å². The molecule has 0 saturated carbocycles. The lowest BCUT2D eigenvalue weighted by molar-refractivity contribution is -0.906. The highest BCUT2D eigenvalue weighted by Gasteiger charge is 2.15. The van der Waals surface area contributed by atoms with Gasteiger partial charge in [0.1, 0.15) is 36.3 Å². The molecule has 0 unspecified atom stereocenters. The average molecular weight is 397 g/mol. The van der Waals surface area contributed by atoms with E-state index >= 15 is 0 Å². The van der Waals surface area contributed by atoms with Crippen LogP contribution < -0.4 is 10.2 Å². The molecule has 9 heteroatoms. The summed E-state index contributed by atoms with van der Waals surface area (Å²) in [7, 11) is 0. The Morgan fingerprint density at radius 2 is 2.10 bits per heavy atom. The number of nitro groups is 1. The van der Waals surface area contributed by atoms with Gasteiger partial charge in [-0.1, -0.05) is 12.1 Å². The number of morpholine rings is 1. The maximum Gasteiger partial charge on any atom is 0.270 e. The SMILES string of the molecule is N#C/C(=C\c1ccc(-c2cccc([N+](=O)[O-])c2)o1)C(=O)NCC[NH+]1CCOCC1. The van der Waals surface area contributed by atoms with Crippen LogP contribution in [0, 0.1) is 21.4 Å². The molecular weight excluding hydrogens is 376 g/mol. The Morgan fingerprint density at radius 3 is 2.83 bits per heavy atom. The summed E-state index contributed by atoms with van der Waals surface area (Å²) in [4.78, 5) is 24.0. The maximum atomic E-state index is 12.3. The van der Waals surface area contributed by atoms with Crippen molar-refractivity contribution < 1.29 is 23.8 Å². The lowest BCUT2D eigenvalue weighted by Crippen LogP contribution is -3.14. The second-order valence-corrected chi connectivity index (χ2v) is 6.55. The molecule has 0 atom stereocenters. The molecule has 1 aromatic heterocycles. The van der Waals surface area contributed by atoms with E-state index in [1.165, 1.54) is 23.1 Å². The first-order valence-corrected chi connectivity index (χ1v) is 9.23. The van der Waals surface area contributed by atoms with Crippen molar-refractivity contribution in [2.24, 2.45) is 0 Å². The van der Waals surface area contributed by atoms with Crippen LogP contribution in [0.4, 0.5) is 5.69 Å². The number of ether oxygens (including phenoxy) is 1. The predicted octanol–water partition coefficient (Wildman–Crippen LogP) is 0.793. The number of benzene rings is 1. The van der Waals surface area contributed by atoms with Gasteiger partial charge in [0.05, 0.1) is 31.2 Å². The third-order valence-corrected chi connectivity index (χ3v) is 4.58. The fourth-order valence-corrected chi connectivity index (χ4v) is 3.01. The van der Waals surface area contributed by atoms with E-state index in [9.17, 15) is 20.2 Å². The minimum Gasteiger partial charge on any atom is -0.457 e. The number of nitriles is 1. The van der Waals surface area contributed by atoms with Gasteiger partial charge in [-0.05, 0) is 12.1 Å². The quantitative estimate of drug-likeness (QED) is 0.308. The molecule has 2 N–H and O–H groups in total. The van der Waals surface area contributed by atoms with E-state index in [1.54, 1.807) is 24.3 Å². The summed E-state index contributed by atoms with van der Waals surface area (Å²) >= 11 is 0. The van der Waals surface area contributed by atoms with E-state index in [4.69, 9.17) is 9.15 Å². The summed E-state index contributed by atoms with van der Waals surface area (Å²) < 4.78 is 10.9. The molecule has 1 amide bonds. The molecule has 2 heterocycles. The minimum atomic E-state index is -0.482. The van der Waals surface area contributed by atoms with Crippen molar-refractivity contribution in [1.82, 2.24) is 5.32 Å². The Hall–Kier alpha value is -3.48. The van der Waals surface area contributed by atoms with Gasteiger partial charge in [-0.2, -0.15) is 5.26 Å². The molecule has 0 aliphatic carbocycles. The van der Waals surface area contributed by atoms with Crippen LogP contribution in [0.2, 0.25) is 0 Å². The zero-order valence-corrected chi connectivity index (χ0v) is 15.7. The van der Waals surface area contributed by atoms with Gasteiger partial charge in [-0.15, -0.1) is 0 Å². The van der Waals surface area contributed by atoms with E-state index in [1.807, 2.05) is 6.07 Å². The molecule has 2 aromatic rings. The summed E-state index contributed by atoms with van der Waals surface area (Å²) in [5, 5.41) is 23.0. The zero-order chi connectivity index (χ0) is 20.6. The molecule has 0 bridgehead atoms. The molecule has 1 aliphatic rings. The van der Waals surface area contributed by atoms with Gasteiger partial charge in [0.2, 0.25) is 0 Å². The van der Waals surface area contributed by atoms with Gasteiger partial charge < -0.3 is 19.4 Å². The first-order chi connectivity index (χ1) is 14.1. The summed E-state index contributed by atoms with van der Waals surface area (Å²) in [6, 6.07) is 11.2. The largest absolute Gasteiger partial charge is 0.457 e. The van der Waals surface area contributed by atoms with Crippen LogP contribution in [-0.4, -0.2) is 50.2 Å². The Balaban J connectivity index is 1.63. The lowest BCUT2D eigenvalue weighted by Gasteiger charge is -2.23. The van der Waals surface area contributed by atoms with Gasteiger partial charge >= 0.3 is 0 Å². The van der Waals surface area contributed by atoms with Crippen LogP contribution in [0.25, 0.3) is 17.4 Å². The smallest absolute Gasteiger partial charge is 0.270 e. The average Bonchev–Trinajstić information content (AvgIpc) is 3.21. The number of hydrogen-bond donors (Lipinski definition) is 2. The van der Waals surface area contributed by atoms with Crippen molar-refractivity contribution >= 4 is 17.7 Å². The number of furan rings is 1. The van der Waals surface area contributed by atoms with E-state index in [2.05, 4.69) is 5.32 Å². The van der Waals surface area contributed by atoms with Crippen molar-refractivity contribution in [3.05, 3.63) is 57.8 Å². The Kier molecular flexibility index (Phi) is 6.73. The molecule has 1 saturated heterocycles. The van der Waals surface area contributed by atoms with Gasteiger partial charge in [-0.25, -0.2) is 0 Å². The second kappa shape index (κ2) is 9.64. The Morgan fingerprint density at radius 1 is 1.31 bits per heavy atom. The van der Waals surface area contributed by atoms with E-state index < -0.39 is 10.8 Å². The van der Waals surface area contributed by atoms with Crippen LogP contribution in [0.3, 0.4) is 0 Å². The summed E-state index contributed by atoms with van der Waals surface area (Å²) in [5.74, 6) is 0.263. The molecule has 1 aliphatic heterocycles. The number of quaternary nitrogens is 1. The molecule has 1 fully saturated rings. The molecule has 150 valence electrons. The number of carbonyl (C=O) groups excluding carboxylic acids is 1.